The summed E-state index contributed by atoms with van der Waals surface area (Å²) in [6.07, 6.45) is 1.59. The number of benzene rings is 2. The minimum atomic E-state index is -0.399. The average molecular weight is 343 g/mol. The Morgan fingerprint density at radius 2 is 1.76 bits per heavy atom. The monoisotopic (exact) mass is 342 g/mol. The lowest BCUT2D eigenvalue weighted by Crippen LogP contribution is -2.35. The number of hydrogen-bond donors (Lipinski definition) is 1. The minimum Gasteiger partial charge on any atom is -0.267 e. The summed E-state index contributed by atoms with van der Waals surface area (Å²) < 4.78 is 0.836. The number of hydrazine groups is 1. The molecule has 1 heterocycles. The maximum absolute atomic E-state index is 12.4. The maximum atomic E-state index is 12.4. The van der Waals surface area contributed by atoms with Gasteiger partial charge in [0.05, 0.1) is 5.69 Å². The third kappa shape index (κ3) is 2.73. The molecule has 5 heteroatoms. The fraction of sp³-hybridized carbons (Fsp3) is 0. The second kappa shape index (κ2) is 5.54. The van der Waals surface area contributed by atoms with Crippen molar-refractivity contribution in [3.05, 3.63) is 70.2 Å². The van der Waals surface area contributed by atoms with Crippen LogP contribution < -0.4 is 10.4 Å². The van der Waals surface area contributed by atoms with E-state index < -0.39 is 5.91 Å². The van der Waals surface area contributed by atoms with Gasteiger partial charge in [0.1, 0.15) is 5.57 Å². The fourth-order valence-corrected chi connectivity index (χ4v) is 2.46. The van der Waals surface area contributed by atoms with Gasteiger partial charge in [-0.25, -0.2) is 5.01 Å². The van der Waals surface area contributed by atoms with E-state index in [1.165, 1.54) is 5.01 Å². The predicted molar refractivity (Wildman–Crippen MR) is 84.2 cm³/mol. The molecule has 2 amide bonds. The Morgan fingerprint density at radius 3 is 2.48 bits per heavy atom. The summed E-state index contributed by atoms with van der Waals surface area (Å²) in [7, 11) is 0. The van der Waals surface area contributed by atoms with Crippen LogP contribution in [-0.2, 0) is 9.59 Å². The van der Waals surface area contributed by atoms with Crippen LogP contribution in [0.15, 0.2) is 64.6 Å². The Morgan fingerprint density at radius 1 is 1.00 bits per heavy atom. The first-order valence-electron chi connectivity index (χ1n) is 6.33. The molecule has 0 spiro atoms. The molecule has 1 N–H and O–H groups in total. The second-order valence-corrected chi connectivity index (χ2v) is 5.45. The summed E-state index contributed by atoms with van der Waals surface area (Å²) in [6, 6.07) is 16.5. The third-order valence-corrected chi connectivity index (χ3v) is 3.56. The van der Waals surface area contributed by atoms with Gasteiger partial charge in [0, 0.05) is 4.47 Å². The summed E-state index contributed by atoms with van der Waals surface area (Å²) in [5.74, 6) is -0.759. The molecule has 0 unspecified atom stereocenters. The van der Waals surface area contributed by atoms with Crippen molar-refractivity contribution in [1.82, 2.24) is 5.43 Å². The van der Waals surface area contributed by atoms with Crippen LogP contribution in [0.3, 0.4) is 0 Å². The van der Waals surface area contributed by atoms with Crippen molar-refractivity contribution >= 4 is 39.5 Å². The molecule has 1 aliphatic rings. The molecule has 0 aliphatic carbocycles. The van der Waals surface area contributed by atoms with Crippen LogP contribution in [0, 0.1) is 0 Å². The van der Waals surface area contributed by atoms with Crippen molar-refractivity contribution in [2.45, 2.75) is 0 Å². The zero-order chi connectivity index (χ0) is 14.8. The van der Waals surface area contributed by atoms with Crippen LogP contribution >= 0.6 is 15.9 Å². The first-order chi connectivity index (χ1) is 10.1. The molecule has 1 saturated heterocycles. The van der Waals surface area contributed by atoms with Crippen LogP contribution in [0.25, 0.3) is 6.08 Å². The molecule has 104 valence electrons. The lowest BCUT2D eigenvalue weighted by atomic mass is 10.1. The van der Waals surface area contributed by atoms with Gasteiger partial charge in [0.25, 0.3) is 11.8 Å². The van der Waals surface area contributed by atoms with Gasteiger partial charge in [-0.2, -0.15) is 0 Å². The number of nitrogens with zero attached hydrogens (tertiary/aromatic N) is 1. The van der Waals surface area contributed by atoms with E-state index in [1.807, 2.05) is 36.4 Å². The largest absolute Gasteiger partial charge is 0.282 e. The highest BCUT2D eigenvalue weighted by Gasteiger charge is 2.34. The van der Waals surface area contributed by atoms with E-state index in [4.69, 9.17) is 0 Å². The molecule has 21 heavy (non-hydrogen) atoms. The highest BCUT2D eigenvalue weighted by atomic mass is 79.9. The van der Waals surface area contributed by atoms with Crippen LogP contribution in [0.1, 0.15) is 5.56 Å². The number of carbonyl (C=O) groups excluding carboxylic acids is 2. The van der Waals surface area contributed by atoms with E-state index in [0.29, 0.717) is 5.69 Å². The standard InChI is InChI=1S/C16H11BrN2O2/c17-12-7-4-8-13(10-12)19-16(21)14(15(20)18-19)9-11-5-2-1-3-6-11/h1-10H,(H,18,20). The highest BCUT2D eigenvalue weighted by Crippen LogP contribution is 2.24. The molecule has 0 radical (unpaired) electrons. The van der Waals surface area contributed by atoms with Crippen molar-refractivity contribution in [2.75, 3.05) is 5.01 Å². The molecule has 1 aliphatic heterocycles. The number of halogens is 1. The van der Waals surface area contributed by atoms with E-state index >= 15 is 0 Å². The van der Waals surface area contributed by atoms with Gasteiger partial charge in [0.2, 0.25) is 0 Å². The Balaban J connectivity index is 1.94. The molecular formula is C16H11BrN2O2. The van der Waals surface area contributed by atoms with Crippen molar-refractivity contribution in [3.8, 4) is 0 Å². The maximum Gasteiger partial charge on any atom is 0.282 e. The number of hydrogen-bond acceptors (Lipinski definition) is 2. The summed E-state index contributed by atoms with van der Waals surface area (Å²) >= 11 is 3.35. The summed E-state index contributed by atoms with van der Waals surface area (Å²) in [5.41, 5.74) is 4.12. The first-order valence-corrected chi connectivity index (χ1v) is 7.12. The van der Waals surface area contributed by atoms with Crippen LogP contribution in [0.2, 0.25) is 0 Å². The number of rotatable bonds is 2. The second-order valence-electron chi connectivity index (χ2n) is 4.53. The number of amides is 2. The average Bonchev–Trinajstić information content (AvgIpc) is 2.76. The number of anilines is 1. The van der Waals surface area contributed by atoms with Gasteiger partial charge in [-0.05, 0) is 29.8 Å². The van der Waals surface area contributed by atoms with Crippen molar-refractivity contribution in [1.29, 1.82) is 0 Å². The van der Waals surface area contributed by atoms with E-state index in [1.54, 1.807) is 24.3 Å². The molecule has 4 nitrogen and oxygen atoms in total. The Bertz CT molecular complexity index is 741. The molecular weight excluding hydrogens is 332 g/mol. The first kappa shape index (κ1) is 13.6. The molecule has 3 rings (SSSR count). The lowest BCUT2D eigenvalue weighted by molar-refractivity contribution is -0.117. The molecule has 0 aromatic heterocycles. The Hall–Kier alpha value is -2.40. The fourth-order valence-electron chi connectivity index (χ4n) is 2.07. The van der Waals surface area contributed by atoms with Crippen LogP contribution in [0.4, 0.5) is 5.69 Å². The van der Waals surface area contributed by atoms with Crippen molar-refractivity contribution < 1.29 is 9.59 Å². The van der Waals surface area contributed by atoms with Gasteiger partial charge in [-0.15, -0.1) is 0 Å². The molecule has 2 aromatic rings. The van der Waals surface area contributed by atoms with E-state index in [9.17, 15) is 9.59 Å². The van der Waals surface area contributed by atoms with E-state index in [2.05, 4.69) is 21.4 Å². The minimum absolute atomic E-state index is 0.126. The zero-order valence-corrected chi connectivity index (χ0v) is 12.5. The summed E-state index contributed by atoms with van der Waals surface area (Å²) in [6.45, 7) is 0. The van der Waals surface area contributed by atoms with Gasteiger partial charge in [-0.3, -0.25) is 15.0 Å². The van der Waals surface area contributed by atoms with Crippen LogP contribution in [-0.4, -0.2) is 11.8 Å². The van der Waals surface area contributed by atoms with Crippen molar-refractivity contribution in [3.63, 3.8) is 0 Å². The number of carbonyl (C=O) groups is 2. The number of nitrogens with one attached hydrogen (secondary N) is 1. The van der Waals surface area contributed by atoms with E-state index in [0.717, 1.165) is 10.0 Å². The molecule has 0 bridgehead atoms. The predicted octanol–water partition coefficient (Wildman–Crippen LogP) is 2.91. The molecule has 2 aromatic carbocycles. The SMILES string of the molecule is O=C1NN(c2cccc(Br)c2)C(=O)C1=Cc1ccccc1. The van der Waals surface area contributed by atoms with Gasteiger partial charge in [-0.1, -0.05) is 52.3 Å². The van der Waals surface area contributed by atoms with Gasteiger partial charge < -0.3 is 0 Å². The van der Waals surface area contributed by atoms with Gasteiger partial charge in [0.15, 0.2) is 0 Å². The topological polar surface area (TPSA) is 49.4 Å². The summed E-state index contributed by atoms with van der Waals surface area (Å²) in [5, 5.41) is 1.25. The lowest BCUT2D eigenvalue weighted by Gasteiger charge is -2.14. The quantitative estimate of drug-likeness (QED) is 0.673. The summed E-state index contributed by atoms with van der Waals surface area (Å²) in [4.78, 5) is 24.4. The molecule has 1 fully saturated rings. The zero-order valence-electron chi connectivity index (χ0n) is 10.9. The van der Waals surface area contributed by atoms with Gasteiger partial charge >= 0.3 is 0 Å². The van der Waals surface area contributed by atoms with Crippen molar-refractivity contribution in [2.24, 2.45) is 0 Å². The Kier molecular flexibility index (Phi) is 3.58. The Labute approximate surface area is 130 Å². The molecule has 0 atom stereocenters. The normalized spacial score (nSPS) is 16.4. The van der Waals surface area contributed by atoms with Crippen LogP contribution in [0.5, 0.6) is 0 Å². The van der Waals surface area contributed by atoms with E-state index in [-0.39, 0.29) is 11.5 Å². The molecule has 0 saturated carbocycles. The smallest absolute Gasteiger partial charge is 0.267 e. The third-order valence-electron chi connectivity index (χ3n) is 3.07. The highest BCUT2D eigenvalue weighted by molar-refractivity contribution is 9.10.